The molecule has 0 radical (unpaired) electrons. The fourth-order valence-electron chi connectivity index (χ4n) is 2.14. The van der Waals surface area contributed by atoms with Crippen LogP contribution in [0.25, 0.3) is 0 Å². The number of nitrogens with zero attached hydrogens (tertiary/aromatic N) is 1. The average Bonchev–Trinajstić information content (AvgIpc) is 2.16. The Bertz CT molecular complexity index is 180. The molecule has 1 unspecified atom stereocenters. The summed E-state index contributed by atoms with van der Waals surface area (Å²) in [7, 11) is 0. The highest BCUT2D eigenvalue weighted by molar-refractivity contribution is 4.77. The summed E-state index contributed by atoms with van der Waals surface area (Å²) in [4.78, 5) is 1.95. The van der Waals surface area contributed by atoms with Crippen LogP contribution in [0.15, 0.2) is 0 Å². The largest absolute Gasteiger partial charge is 0.390 e. The quantitative estimate of drug-likeness (QED) is 0.792. The SMILES string of the molecule is NCCC1CCCCN1CCC(F)(F)F. The van der Waals surface area contributed by atoms with Gasteiger partial charge in [0.15, 0.2) is 0 Å². The van der Waals surface area contributed by atoms with Crippen LogP contribution in [0.4, 0.5) is 13.2 Å². The third kappa shape index (κ3) is 4.84. The van der Waals surface area contributed by atoms with Crippen LogP contribution >= 0.6 is 0 Å². The van der Waals surface area contributed by atoms with Gasteiger partial charge in [0, 0.05) is 12.6 Å². The molecule has 2 N–H and O–H groups in total. The van der Waals surface area contributed by atoms with E-state index in [-0.39, 0.29) is 12.6 Å². The number of rotatable bonds is 4. The van der Waals surface area contributed by atoms with E-state index in [1.54, 1.807) is 0 Å². The standard InChI is InChI=1S/C10H19F3N2/c11-10(12,13)5-8-15-7-2-1-3-9(15)4-6-14/h9H,1-8,14H2. The van der Waals surface area contributed by atoms with E-state index in [0.29, 0.717) is 6.54 Å². The molecule has 0 bridgehead atoms. The Morgan fingerprint density at radius 2 is 2.00 bits per heavy atom. The normalized spacial score (nSPS) is 24.4. The van der Waals surface area contributed by atoms with Gasteiger partial charge < -0.3 is 10.6 Å². The molecule has 2 nitrogen and oxygen atoms in total. The molecule has 0 aromatic rings. The Morgan fingerprint density at radius 1 is 1.27 bits per heavy atom. The van der Waals surface area contributed by atoms with Gasteiger partial charge >= 0.3 is 6.18 Å². The summed E-state index contributed by atoms with van der Waals surface area (Å²) in [5.41, 5.74) is 5.45. The van der Waals surface area contributed by atoms with Crippen LogP contribution in [0.5, 0.6) is 0 Å². The van der Waals surface area contributed by atoms with Gasteiger partial charge in [0.2, 0.25) is 0 Å². The van der Waals surface area contributed by atoms with Crippen molar-refractivity contribution in [2.45, 2.75) is 44.3 Å². The van der Waals surface area contributed by atoms with Crippen molar-refractivity contribution in [2.24, 2.45) is 5.73 Å². The van der Waals surface area contributed by atoms with Crippen molar-refractivity contribution < 1.29 is 13.2 Å². The predicted molar refractivity (Wildman–Crippen MR) is 53.6 cm³/mol. The maximum Gasteiger partial charge on any atom is 0.390 e. The molecule has 15 heavy (non-hydrogen) atoms. The van der Waals surface area contributed by atoms with Crippen molar-refractivity contribution in [3.63, 3.8) is 0 Å². The maximum absolute atomic E-state index is 12.1. The summed E-state index contributed by atoms with van der Waals surface area (Å²) in [5.74, 6) is 0. The molecular weight excluding hydrogens is 205 g/mol. The summed E-state index contributed by atoms with van der Waals surface area (Å²) < 4.78 is 36.2. The highest BCUT2D eigenvalue weighted by atomic mass is 19.4. The molecule has 0 amide bonds. The second kappa shape index (κ2) is 5.70. The number of nitrogens with two attached hydrogens (primary N) is 1. The number of halogens is 3. The molecule has 1 aliphatic heterocycles. The van der Waals surface area contributed by atoms with Gasteiger partial charge in [-0.1, -0.05) is 6.42 Å². The van der Waals surface area contributed by atoms with Gasteiger partial charge in [-0.2, -0.15) is 13.2 Å². The molecule has 1 saturated heterocycles. The molecule has 0 spiro atoms. The highest BCUT2D eigenvalue weighted by Crippen LogP contribution is 2.24. The molecule has 0 aromatic carbocycles. The second-order valence-electron chi connectivity index (χ2n) is 4.13. The molecule has 1 fully saturated rings. The first-order chi connectivity index (χ1) is 7.03. The van der Waals surface area contributed by atoms with Crippen molar-refractivity contribution in [1.82, 2.24) is 4.90 Å². The summed E-state index contributed by atoms with van der Waals surface area (Å²) in [5, 5.41) is 0. The summed E-state index contributed by atoms with van der Waals surface area (Å²) in [6.07, 6.45) is -0.794. The second-order valence-corrected chi connectivity index (χ2v) is 4.13. The monoisotopic (exact) mass is 224 g/mol. The summed E-state index contributed by atoms with van der Waals surface area (Å²) in [6, 6.07) is 0.270. The van der Waals surface area contributed by atoms with Gasteiger partial charge in [-0.05, 0) is 32.4 Å². The van der Waals surface area contributed by atoms with E-state index in [1.165, 1.54) is 0 Å². The zero-order valence-corrected chi connectivity index (χ0v) is 8.89. The van der Waals surface area contributed by atoms with Crippen molar-refractivity contribution in [3.05, 3.63) is 0 Å². The molecule has 0 saturated carbocycles. The van der Waals surface area contributed by atoms with Crippen LogP contribution < -0.4 is 5.73 Å². The number of likely N-dealkylation sites (tertiary alicyclic amines) is 1. The minimum Gasteiger partial charge on any atom is -0.330 e. The molecule has 5 heteroatoms. The zero-order chi connectivity index (χ0) is 11.3. The topological polar surface area (TPSA) is 29.3 Å². The van der Waals surface area contributed by atoms with E-state index < -0.39 is 12.6 Å². The molecule has 1 rings (SSSR count). The van der Waals surface area contributed by atoms with Gasteiger partial charge in [-0.25, -0.2) is 0 Å². The van der Waals surface area contributed by atoms with Crippen LogP contribution in [0.1, 0.15) is 32.1 Å². The van der Waals surface area contributed by atoms with E-state index in [2.05, 4.69) is 0 Å². The molecule has 0 aromatic heterocycles. The van der Waals surface area contributed by atoms with Crippen LogP contribution in [-0.4, -0.2) is 36.8 Å². The van der Waals surface area contributed by atoms with Crippen molar-refractivity contribution in [2.75, 3.05) is 19.6 Å². The molecular formula is C10H19F3N2. The Morgan fingerprint density at radius 3 is 2.60 bits per heavy atom. The maximum atomic E-state index is 12.1. The first kappa shape index (κ1) is 12.8. The molecule has 90 valence electrons. The third-order valence-corrected chi connectivity index (χ3v) is 2.93. The van der Waals surface area contributed by atoms with Crippen molar-refractivity contribution in [1.29, 1.82) is 0 Å². The van der Waals surface area contributed by atoms with Crippen LogP contribution in [0.2, 0.25) is 0 Å². The minimum absolute atomic E-state index is 0.133. The van der Waals surface area contributed by atoms with Crippen molar-refractivity contribution in [3.8, 4) is 0 Å². The summed E-state index contributed by atoms with van der Waals surface area (Å²) >= 11 is 0. The lowest BCUT2D eigenvalue weighted by Gasteiger charge is -2.35. The summed E-state index contributed by atoms with van der Waals surface area (Å²) in [6.45, 7) is 1.49. The molecule has 1 aliphatic rings. The van der Waals surface area contributed by atoms with Gasteiger partial charge in [-0.3, -0.25) is 0 Å². The van der Waals surface area contributed by atoms with Crippen LogP contribution in [0.3, 0.4) is 0 Å². The Kier molecular flexibility index (Phi) is 4.86. The Balaban J connectivity index is 2.35. The highest BCUT2D eigenvalue weighted by Gasteiger charge is 2.30. The van der Waals surface area contributed by atoms with E-state index in [0.717, 1.165) is 32.2 Å². The fourth-order valence-corrected chi connectivity index (χ4v) is 2.14. The zero-order valence-electron chi connectivity index (χ0n) is 8.89. The smallest absolute Gasteiger partial charge is 0.330 e. The molecule has 1 heterocycles. The van der Waals surface area contributed by atoms with E-state index in [9.17, 15) is 13.2 Å². The number of piperidine rings is 1. The lowest BCUT2D eigenvalue weighted by Crippen LogP contribution is -2.42. The lowest BCUT2D eigenvalue weighted by molar-refractivity contribution is -0.139. The van der Waals surface area contributed by atoms with Gasteiger partial charge in [0.1, 0.15) is 0 Å². The number of hydrogen-bond acceptors (Lipinski definition) is 2. The fraction of sp³-hybridized carbons (Fsp3) is 1.00. The Hall–Kier alpha value is -0.290. The number of alkyl halides is 3. The molecule has 1 atom stereocenters. The van der Waals surface area contributed by atoms with Crippen molar-refractivity contribution >= 4 is 0 Å². The first-order valence-electron chi connectivity index (χ1n) is 5.54. The van der Waals surface area contributed by atoms with Crippen LogP contribution in [-0.2, 0) is 0 Å². The van der Waals surface area contributed by atoms with Gasteiger partial charge in [0.05, 0.1) is 6.42 Å². The van der Waals surface area contributed by atoms with Gasteiger partial charge in [0.25, 0.3) is 0 Å². The average molecular weight is 224 g/mol. The molecule has 0 aliphatic carbocycles. The van der Waals surface area contributed by atoms with E-state index in [1.807, 2.05) is 4.90 Å². The van der Waals surface area contributed by atoms with E-state index >= 15 is 0 Å². The number of hydrogen-bond donors (Lipinski definition) is 1. The van der Waals surface area contributed by atoms with Gasteiger partial charge in [-0.15, -0.1) is 0 Å². The lowest BCUT2D eigenvalue weighted by atomic mass is 9.99. The predicted octanol–water partition coefficient (Wildman–Crippen LogP) is 2.14. The third-order valence-electron chi connectivity index (χ3n) is 2.93. The van der Waals surface area contributed by atoms with E-state index in [4.69, 9.17) is 5.73 Å². The Labute approximate surface area is 88.6 Å². The van der Waals surface area contributed by atoms with Crippen LogP contribution in [0, 0.1) is 0 Å². The minimum atomic E-state index is -4.04. The first-order valence-corrected chi connectivity index (χ1v) is 5.54.